The first-order chi connectivity index (χ1) is 15.0. The van der Waals surface area contributed by atoms with Gasteiger partial charge < -0.3 is 25.8 Å². The second-order valence-corrected chi connectivity index (χ2v) is 7.61. The second-order valence-electron chi connectivity index (χ2n) is 7.20. The number of ether oxygens (including phenoxy) is 1. The molecule has 1 fully saturated rings. The number of rotatable bonds is 6. The van der Waals surface area contributed by atoms with Crippen molar-refractivity contribution < 1.29 is 19.0 Å². The molecule has 3 aromatic rings. The second kappa shape index (κ2) is 9.01. The van der Waals surface area contributed by atoms with Crippen LogP contribution in [-0.2, 0) is 11.3 Å². The van der Waals surface area contributed by atoms with Gasteiger partial charge in [-0.1, -0.05) is 17.7 Å². The van der Waals surface area contributed by atoms with Crippen LogP contribution in [0.4, 0.5) is 15.9 Å². The number of amides is 1. The molecular formula is C21H21ClFN5O3. The van der Waals surface area contributed by atoms with Crippen molar-refractivity contribution >= 4 is 39.9 Å². The van der Waals surface area contributed by atoms with E-state index in [1.165, 1.54) is 19.5 Å². The van der Waals surface area contributed by atoms with Crippen LogP contribution in [-0.4, -0.2) is 46.8 Å². The lowest BCUT2D eigenvalue weighted by Crippen LogP contribution is -2.40. The number of hydrogen-bond acceptors (Lipinski definition) is 7. The molecular weight excluding hydrogens is 425 g/mol. The number of fused-ring (bicyclic) bond motifs is 1. The molecule has 4 rings (SSSR count). The van der Waals surface area contributed by atoms with Crippen molar-refractivity contribution in [3.63, 3.8) is 0 Å². The molecule has 8 nitrogen and oxygen atoms in total. The fourth-order valence-electron chi connectivity index (χ4n) is 3.51. The van der Waals surface area contributed by atoms with E-state index in [2.05, 4.69) is 25.9 Å². The normalized spacial score (nSPS) is 18.2. The lowest BCUT2D eigenvalue weighted by atomic mass is 10.1. The van der Waals surface area contributed by atoms with E-state index < -0.39 is 18.0 Å². The molecule has 1 aliphatic heterocycles. The highest BCUT2D eigenvalue weighted by molar-refractivity contribution is 6.31. The summed E-state index contributed by atoms with van der Waals surface area (Å²) in [4.78, 5) is 20.9. The molecule has 0 bridgehead atoms. The maximum atomic E-state index is 14.3. The summed E-state index contributed by atoms with van der Waals surface area (Å²) in [6.07, 6.45) is 1.21. The van der Waals surface area contributed by atoms with Gasteiger partial charge in [0.15, 0.2) is 5.82 Å². The number of hydrogen-bond donors (Lipinski definition) is 4. The van der Waals surface area contributed by atoms with Gasteiger partial charge in [0.2, 0.25) is 5.91 Å². The van der Waals surface area contributed by atoms with Crippen LogP contribution in [0.1, 0.15) is 12.0 Å². The van der Waals surface area contributed by atoms with Gasteiger partial charge >= 0.3 is 0 Å². The van der Waals surface area contributed by atoms with Crippen molar-refractivity contribution in [2.45, 2.75) is 25.1 Å². The Morgan fingerprint density at radius 1 is 1.39 bits per heavy atom. The molecule has 2 heterocycles. The number of carbonyl (C=O) groups excluding carboxylic acids is 1. The van der Waals surface area contributed by atoms with E-state index in [0.717, 1.165) is 0 Å². The van der Waals surface area contributed by atoms with Crippen LogP contribution in [0.15, 0.2) is 36.7 Å². The lowest BCUT2D eigenvalue weighted by Gasteiger charge is -2.15. The largest absolute Gasteiger partial charge is 0.496 e. The summed E-state index contributed by atoms with van der Waals surface area (Å²) in [6.45, 7) is 0.593. The molecule has 1 amide bonds. The van der Waals surface area contributed by atoms with Crippen molar-refractivity contribution in [2.75, 3.05) is 19.0 Å². The number of nitrogens with one attached hydrogen (secondary N) is 3. The van der Waals surface area contributed by atoms with Crippen molar-refractivity contribution in [1.82, 2.24) is 20.6 Å². The summed E-state index contributed by atoms with van der Waals surface area (Å²) in [5.41, 5.74) is 1.47. The first-order valence-electron chi connectivity index (χ1n) is 9.68. The molecule has 0 saturated carbocycles. The van der Waals surface area contributed by atoms with E-state index >= 15 is 0 Å². The molecule has 0 unspecified atom stereocenters. The van der Waals surface area contributed by atoms with E-state index in [4.69, 9.17) is 16.3 Å². The van der Waals surface area contributed by atoms with Gasteiger partial charge in [-0.2, -0.15) is 0 Å². The van der Waals surface area contributed by atoms with Gasteiger partial charge in [-0.25, -0.2) is 14.4 Å². The first-order valence-corrected chi connectivity index (χ1v) is 10.1. The van der Waals surface area contributed by atoms with Crippen LogP contribution in [0.25, 0.3) is 10.9 Å². The molecule has 0 spiro atoms. The van der Waals surface area contributed by atoms with Crippen molar-refractivity contribution in [2.24, 2.45) is 0 Å². The van der Waals surface area contributed by atoms with Gasteiger partial charge in [0.1, 0.15) is 17.9 Å². The number of aliphatic hydroxyl groups excluding tert-OH is 1. The fourth-order valence-corrected chi connectivity index (χ4v) is 3.68. The van der Waals surface area contributed by atoms with Crippen LogP contribution >= 0.6 is 11.6 Å². The van der Waals surface area contributed by atoms with Crippen LogP contribution in [0.2, 0.25) is 5.02 Å². The first kappa shape index (κ1) is 21.2. The number of aromatic nitrogens is 2. The fraction of sp³-hybridized carbons (Fsp3) is 0.286. The highest BCUT2D eigenvalue weighted by Gasteiger charge is 2.28. The summed E-state index contributed by atoms with van der Waals surface area (Å²) in [6, 6.07) is 7.74. The minimum absolute atomic E-state index is 0.000858. The van der Waals surface area contributed by atoms with Crippen molar-refractivity contribution in [3.8, 4) is 5.75 Å². The molecule has 2 aromatic carbocycles. The third kappa shape index (κ3) is 4.53. The van der Waals surface area contributed by atoms with Crippen molar-refractivity contribution in [3.05, 3.63) is 53.1 Å². The summed E-state index contributed by atoms with van der Waals surface area (Å²) in [5, 5.41) is 19.0. The van der Waals surface area contributed by atoms with Gasteiger partial charge in [0.25, 0.3) is 0 Å². The minimum Gasteiger partial charge on any atom is -0.496 e. The molecule has 2 atom stereocenters. The topological polar surface area (TPSA) is 108 Å². The molecule has 1 aliphatic rings. The maximum absolute atomic E-state index is 14.3. The van der Waals surface area contributed by atoms with E-state index in [1.807, 2.05) is 0 Å². The average molecular weight is 446 g/mol. The van der Waals surface area contributed by atoms with Crippen LogP contribution in [0.5, 0.6) is 5.75 Å². The van der Waals surface area contributed by atoms with E-state index in [-0.39, 0.29) is 23.2 Å². The smallest absolute Gasteiger partial charge is 0.237 e. The molecule has 10 heteroatoms. The summed E-state index contributed by atoms with van der Waals surface area (Å²) >= 11 is 5.87. The Morgan fingerprint density at radius 2 is 2.23 bits per heavy atom. The van der Waals surface area contributed by atoms with Gasteiger partial charge in [-0.15, -0.1) is 0 Å². The number of aliphatic hydroxyl groups is 1. The predicted octanol–water partition coefficient (Wildman–Crippen LogP) is 2.51. The highest BCUT2D eigenvalue weighted by Crippen LogP contribution is 2.31. The Balaban J connectivity index is 1.62. The Hall–Kier alpha value is -3.01. The summed E-state index contributed by atoms with van der Waals surface area (Å²) < 4.78 is 19.8. The maximum Gasteiger partial charge on any atom is 0.237 e. The zero-order chi connectivity index (χ0) is 22.0. The van der Waals surface area contributed by atoms with Crippen molar-refractivity contribution in [1.29, 1.82) is 0 Å². The standard InChI is InChI=1S/C21H21ClFN5O3/c1-31-18-7-16-13(5-11(18)8-25-21(30)17-6-12(29)9-24-17)20(27-10-26-16)28-15-4-2-3-14(22)19(15)23/h2-5,7,10,12,17,24,29H,6,8-9H2,1H3,(H,25,30)(H,26,27,28)/t12-,17+/m1/s1. The number of carbonyl (C=O) groups is 1. The molecule has 0 aliphatic carbocycles. The number of nitrogens with zero attached hydrogens (tertiary/aromatic N) is 2. The molecule has 1 saturated heterocycles. The molecule has 1 aromatic heterocycles. The quantitative estimate of drug-likeness (QED) is 0.461. The predicted molar refractivity (Wildman–Crippen MR) is 115 cm³/mol. The number of halogens is 2. The lowest BCUT2D eigenvalue weighted by molar-refractivity contribution is -0.123. The Kier molecular flexibility index (Phi) is 6.17. The average Bonchev–Trinajstić information content (AvgIpc) is 3.21. The Labute approximate surface area is 182 Å². The number of β-amino-alcohol motifs (C(OH)–C–C–N with tert-alkyl or cyclic N) is 1. The van der Waals surface area contributed by atoms with E-state index in [0.29, 0.717) is 41.0 Å². The Morgan fingerprint density at radius 3 is 2.97 bits per heavy atom. The highest BCUT2D eigenvalue weighted by atomic mass is 35.5. The SMILES string of the molecule is COc1cc2ncnc(Nc3cccc(Cl)c3F)c2cc1CNC(=O)[C@@H]1C[C@@H](O)CN1. The number of methoxy groups -OCH3 is 1. The molecule has 162 valence electrons. The third-order valence-electron chi connectivity index (χ3n) is 5.12. The van der Waals surface area contributed by atoms with E-state index in [1.54, 1.807) is 24.3 Å². The Bertz CT molecular complexity index is 1130. The third-order valence-corrected chi connectivity index (χ3v) is 5.41. The monoisotopic (exact) mass is 445 g/mol. The van der Waals surface area contributed by atoms with Gasteiger partial charge in [0.05, 0.1) is 35.5 Å². The zero-order valence-electron chi connectivity index (χ0n) is 16.7. The van der Waals surface area contributed by atoms with Crippen LogP contribution in [0, 0.1) is 5.82 Å². The summed E-state index contributed by atoms with van der Waals surface area (Å²) in [7, 11) is 1.53. The molecule has 0 radical (unpaired) electrons. The number of anilines is 2. The van der Waals surface area contributed by atoms with Gasteiger partial charge in [0, 0.05) is 30.1 Å². The zero-order valence-corrected chi connectivity index (χ0v) is 17.4. The molecule has 4 N–H and O–H groups in total. The van der Waals surface area contributed by atoms with E-state index in [9.17, 15) is 14.3 Å². The van der Waals surface area contributed by atoms with Crippen LogP contribution in [0.3, 0.4) is 0 Å². The number of benzene rings is 2. The van der Waals surface area contributed by atoms with Gasteiger partial charge in [-0.3, -0.25) is 4.79 Å². The van der Waals surface area contributed by atoms with Gasteiger partial charge in [-0.05, 0) is 24.6 Å². The minimum atomic E-state index is -0.580. The van der Waals surface area contributed by atoms with Crippen LogP contribution < -0.4 is 20.7 Å². The summed E-state index contributed by atoms with van der Waals surface area (Å²) in [5.74, 6) is 0.151. The molecule has 31 heavy (non-hydrogen) atoms.